The molecule has 0 aliphatic carbocycles. The third kappa shape index (κ3) is 3.01. The fourth-order valence-electron chi connectivity index (χ4n) is 1.79. The van der Waals surface area contributed by atoms with Gasteiger partial charge in [-0.05, 0) is 35.2 Å². The van der Waals surface area contributed by atoms with E-state index in [2.05, 4.69) is 18.0 Å². The van der Waals surface area contributed by atoms with Crippen molar-refractivity contribution in [1.82, 2.24) is 4.98 Å². The van der Waals surface area contributed by atoms with Crippen molar-refractivity contribution in [3.05, 3.63) is 65.5 Å². The predicted octanol–water partition coefficient (Wildman–Crippen LogP) is 4.27. The van der Waals surface area contributed by atoms with Gasteiger partial charge in [-0.15, -0.1) is 0 Å². The first kappa shape index (κ1) is 13.3. The Morgan fingerprint density at radius 1 is 1.11 bits per heavy atom. The molecule has 1 heterocycles. The van der Waals surface area contributed by atoms with Gasteiger partial charge in [-0.3, -0.25) is 4.98 Å². The summed E-state index contributed by atoms with van der Waals surface area (Å²) in [4.78, 5) is 3.94. The summed E-state index contributed by atoms with van der Waals surface area (Å²) in [5.41, 5.74) is 3.35. The quantitative estimate of drug-likeness (QED) is 0.779. The maximum absolute atomic E-state index is 9.30. The first-order chi connectivity index (χ1) is 9.26. The van der Waals surface area contributed by atoms with Crippen LogP contribution in [0.3, 0.4) is 0 Å². The standard InChI is InChI=1S/C16H13ClN2/c1-2-12-3-5-14(6-4-12)16(17)15(11-18)13-7-9-19-10-8-13/h3-10H,2H2,1H3/b16-15+. The molecule has 2 nitrogen and oxygen atoms in total. The fourth-order valence-corrected chi connectivity index (χ4v) is 2.07. The number of allylic oxidation sites excluding steroid dienone is 1. The molecule has 0 radical (unpaired) electrons. The van der Waals surface area contributed by atoms with E-state index in [4.69, 9.17) is 11.6 Å². The van der Waals surface area contributed by atoms with Gasteiger partial charge in [-0.25, -0.2) is 0 Å². The minimum atomic E-state index is 0.466. The number of rotatable bonds is 3. The average Bonchev–Trinajstić information content (AvgIpc) is 2.49. The smallest absolute Gasteiger partial charge is 0.101 e. The van der Waals surface area contributed by atoms with Gasteiger partial charge in [-0.1, -0.05) is 42.8 Å². The second kappa shape index (κ2) is 6.17. The molecule has 1 aromatic carbocycles. The number of aromatic nitrogens is 1. The van der Waals surface area contributed by atoms with Gasteiger partial charge >= 0.3 is 0 Å². The molecule has 0 saturated heterocycles. The predicted molar refractivity (Wildman–Crippen MR) is 78.3 cm³/mol. The van der Waals surface area contributed by atoms with Crippen molar-refractivity contribution in [3.8, 4) is 6.07 Å². The third-order valence-corrected chi connectivity index (χ3v) is 3.32. The van der Waals surface area contributed by atoms with Gasteiger partial charge < -0.3 is 0 Å². The first-order valence-corrected chi connectivity index (χ1v) is 6.43. The van der Waals surface area contributed by atoms with E-state index in [1.54, 1.807) is 24.5 Å². The molecule has 0 fully saturated rings. The lowest BCUT2D eigenvalue weighted by molar-refractivity contribution is 1.14. The van der Waals surface area contributed by atoms with Crippen LogP contribution in [0.4, 0.5) is 0 Å². The number of hydrogen-bond donors (Lipinski definition) is 0. The van der Waals surface area contributed by atoms with Crippen LogP contribution in [0.1, 0.15) is 23.6 Å². The number of halogens is 1. The molecule has 0 aliphatic heterocycles. The van der Waals surface area contributed by atoms with E-state index in [0.29, 0.717) is 10.6 Å². The molecule has 0 saturated carbocycles. The molecule has 0 amide bonds. The maximum atomic E-state index is 9.30. The monoisotopic (exact) mass is 268 g/mol. The van der Waals surface area contributed by atoms with Gasteiger partial charge in [0.2, 0.25) is 0 Å². The van der Waals surface area contributed by atoms with Crippen LogP contribution >= 0.6 is 11.6 Å². The van der Waals surface area contributed by atoms with Crippen molar-refractivity contribution in [2.75, 3.05) is 0 Å². The zero-order valence-corrected chi connectivity index (χ0v) is 11.4. The Hall–Kier alpha value is -2.11. The molecule has 19 heavy (non-hydrogen) atoms. The molecule has 3 heteroatoms. The number of pyridine rings is 1. The van der Waals surface area contributed by atoms with Gasteiger partial charge in [0.1, 0.15) is 6.07 Å². The summed E-state index contributed by atoms with van der Waals surface area (Å²) < 4.78 is 0. The van der Waals surface area contributed by atoms with Gasteiger partial charge in [0, 0.05) is 12.4 Å². The van der Waals surface area contributed by atoms with Crippen molar-refractivity contribution >= 4 is 22.2 Å². The van der Waals surface area contributed by atoms with Crippen LogP contribution in [-0.4, -0.2) is 4.98 Å². The Kier molecular flexibility index (Phi) is 4.33. The molecule has 0 aliphatic rings. The van der Waals surface area contributed by atoms with Crippen molar-refractivity contribution in [1.29, 1.82) is 5.26 Å². The number of hydrogen-bond acceptors (Lipinski definition) is 2. The Morgan fingerprint density at radius 2 is 1.74 bits per heavy atom. The fraction of sp³-hybridized carbons (Fsp3) is 0.125. The molecule has 2 rings (SSSR count). The highest BCUT2D eigenvalue weighted by atomic mass is 35.5. The summed E-state index contributed by atoms with van der Waals surface area (Å²) in [6, 6.07) is 13.7. The van der Waals surface area contributed by atoms with Gasteiger partial charge in [0.05, 0.1) is 10.6 Å². The third-order valence-electron chi connectivity index (χ3n) is 2.92. The molecule has 0 spiro atoms. The van der Waals surface area contributed by atoms with Gasteiger partial charge in [0.15, 0.2) is 0 Å². The van der Waals surface area contributed by atoms with Crippen molar-refractivity contribution < 1.29 is 0 Å². The lowest BCUT2D eigenvalue weighted by Gasteiger charge is -2.05. The van der Waals surface area contributed by atoms with E-state index in [9.17, 15) is 5.26 Å². The minimum Gasteiger partial charge on any atom is -0.265 e. The Labute approximate surface area is 118 Å². The molecular weight excluding hydrogens is 256 g/mol. The molecular formula is C16H13ClN2. The second-order valence-electron chi connectivity index (χ2n) is 4.09. The van der Waals surface area contributed by atoms with E-state index in [1.807, 2.05) is 24.3 Å². The van der Waals surface area contributed by atoms with E-state index >= 15 is 0 Å². The first-order valence-electron chi connectivity index (χ1n) is 6.06. The van der Waals surface area contributed by atoms with Crippen LogP contribution in [0.2, 0.25) is 0 Å². The van der Waals surface area contributed by atoms with Crippen LogP contribution in [-0.2, 0) is 6.42 Å². The molecule has 1 aromatic heterocycles. The van der Waals surface area contributed by atoms with Gasteiger partial charge in [0.25, 0.3) is 0 Å². The number of nitrogens with zero attached hydrogens (tertiary/aromatic N) is 2. The summed E-state index contributed by atoms with van der Waals surface area (Å²) in [6.45, 7) is 2.10. The Bertz CT molecular complexity index is 622. The molecule has 2 aromatic rings. The van der Waals surface area contributed by atoms with E-state index in [0.717, 1.165) is 17.5 Å². The SMILES string of the molecule is CCc1ccc(/C(Cl)=C(/C#N)c2ccncc2)cc1. The lowest BCUT2D eigenvalue weighted by Crippen LogP contribution is -1.87. The summed E-state index contributed by atoms with van der Waals surface area (Å²) >= 11 is 6.34. The molecule has 0 bridgehead atoms. The van der Waals surface area contributed by atoms with Crippen LogP contribution in [0.15, 0.2) is 48.8 Å². The van der Waals surface area contributed by atoms with Crippen LogP contribution in [0, 0.1) is 11.3 Å². The highest BCUT2D eigenvalue weighted by molar-refractivity contribution is 6.53. The van der Waals surface area contributed by atoms with E-state index < -0.39 is 0 Å². The van der Waals surface area contributed by atoms with Crippen molar-refractivity contribution in [3.63, 3.8) is 0 Å². The number of nitriles is 1. The minimum absolute atomic E-state index is 0.466. The van der Waals surface area contributed by atoms with Crippen LogP contribution in [0.25, 0.3) is 10.6 Å². The van der Waals surface area contributed by atoms with E-state index in [1.165, 1.54) is 5.56 Å². The summed E-state index contributed by atoms with van der Waals surface area (Å²) in [5, 5.41) is 9.77. The molecule has 94 valence electrons. The summed E-state index contributed by atoms with van der Waals surface area (Å²) in [5.74, 6) is 0. The van der Waals surface area contributed by atoms with E-state index in [-0.39, 0.29) is 0 Å². The Morgan fingerprint density at radius 3 is 2.26 bits per heavy atom. The second-order valence-corrected chi connectivity index (χ2v) is 4.47. The number of benzene rings is 1. The van der Waals surface area contributed by atoms with Gasteiger partial charge in [-0.2, -0.15) is 5.26 Å². The lowest BCUT2D eigenvalue weighted by atomic mass is 10.0. The normalized spacial score (nSPS) is 11.6. The highest BCUT2D eigenvalue weighted by Gasteiger charge is 2.09. The maximum Gasteiger partial charge on any atom is 0.101 e. The highest BCUT2D eigenvalue weighted by Crippen LogP contribution is 2.29. The molecule has 0 atom stereocenters. The zero-order chi connectivity index (χ0) is 13.7. The Balaban J connectivity index is 2.46. The average molecular weight is 269 g/mol. The van der Waals surface area contributed by atoms with Crippen molar-refractivity contribution in [2.45, 2.75) is 13.3 Å². The van der Waals surface area contributed by atoms with Crippen LogP contribution in [0.5, 0.6) is 0 Å². The topological polar surface area (TPSA) is 36.7 Å². The summed E-state index contributed by atoms with van der Waals surface area (Å²) in [6.07, 6.45) is 4.28. The largest absolute Gasteiger partial charge is 0.265 e. The van der Waals surface area contributed by atoms with Crippen molar-refractivity contribution in [2.24, 2.45) is 0 Å². The molecule has 0 N–H and O–H groups in total. The molecule has 0 unspecified atom stereocenters. The number of aryl methyl sites for hydroxylation is 1. The van der Waals surface area contributed by atoms with Crippen LogP contribution < -0.4 is 0 Å². The summed E-state index contributed by atoms with van der Waals surface area (Å²) in [7, 11) is 0. The zero-order valence-electron chi connectivity index (χ0n) is 10.6.